The van der Waals surface area contributed by atoms with Crippen LogP contribution < -0.4 is 5.56 Å². The first-order chi connectivity index (χ1) is 11.3. The predicted molar refractivity (Wildman–Crippen MR) is 81.8 cm³/mol. The van der Waals surface area contributed by atoms with Crippen LogP contribution in [-0.2, 0) is 19.0 Å². The van der Waals surface area contributed by atoms with Crippen molar-refractivity contribution in [2.75, 3.05) is 0 Å². The lowest BCUT2D eigenvalue weighted by Gasteiger charge is -2.07. The van der Waals surface area contributed by atoms with Crippen molar-refractivity contribution in [2.45, 2.75) is 24.0 Å². The molecule has 0 spiro atoms. The lowest BCUT2D eigenvalue weighted by atomic mass is 10.3. The molecule has 0 unspecified atom stereocenters. The summed E-state index contributed by atoms with van der Waals surface area (Å²) in [4.78, 5) is 16.5. The second-order valence-electron chi connectivity index (χ2n) is 5.12. The molecule has 3 heterocycles. The lowest BCUT2D eigenvalue weighted by Crippen LogP contribution is -2.16. The van der Waals surface area contributed by atoms with E-state index >= 15 is 0 Å². The molecule has 24 heavy (non-hydrogen) atoms. The highest BCUT2D eigenvalue weighted by atomic mass is 32.2. The molecular formula is C14H12F3N5OS. The van der Waals surface area contributed by atoms with Gasteiger partial charge < -0.3 is 4.57 Å². The van der Waals surface area contributed by atoms with Crippen molar-refractivity contribution in [1.82, 2.24) is 24.1 Å². The third kappa shape index (κ3) is 3.01. The number of alkyl halides is 3. The Morgan fingerprint density at radius 1 is 1.29 bits per heavy atom. The van der Waals surface area contributed by atoms with E-state index < -0.39 is 12.0 Å². The summed E-state index contributed by atoms with van der Waals surface area (Å²) in [7, 11) is 1.25. The topological polar surface area (TPSA) is 65.1 Å². The van der Waals surface area contributed by atoms with Crippen molar-refractivity contribution < 1.29 is 13.2 Å². The van der Waals surface area contributed by atoms with Crippen LogP contribution in [0.5, 0.6) is 0 Å². The van der Waals surface area contributed by atoms with Gasteiger partial charge in [-0.05, 0) is 18.6 Å². The zero-order valence-electron chi connectivity index (χ0n) is 12.7. The summed E-state index contributed by atoms with van der Waals surface area (Å²) >= 11 is 1.04. The first kappa shape index (κ1) is 16.5. The van der Waals surface area contributed by atoms with Crippen LogP contribution in [0.1, 0.15) is 17.1 Å². The van der Waals surface area contributed by atoms with Crippen molar-refractivity contribution in [2.24, 2.45) is 7.05 Å². The highest BCUT2D eigenvalue weighted by molar-refractivity contribution is 7.98. The molecular weight excluding hydrogens is 343 g/mol. The van der Waals surface area contributed by atoms with E-state index in [0.29, 0.717) is 11.3 Å². The summed E-state index contributed by atoms with van der Waals surface area (Å²) in [5, 5.41) is 6.81. The van der Waals surface area contributed by atoms with Gasteiger partial charge in [-0.3, -0.25) is 9.20 Å². The zero-order valence-corrected chi connectivity index (χ0v) is 13.5. The van der Waals surface area contributed by atoms with Crippen molar-refractivity contribution >= 4 is 17.4 Å². The summed E-state index contributed by atoms with van der Waals surface area (Å²) in [6.45, 7) is 1.83. The Hall–Kier alpha value is -2.36. The van der Waals surface area contributed by atoms with Crippen LogP contribution in [0, 0.1) is 6.92 Å². The van der Waals surface area contributed by atoms with Gasteiger partial charge in [0.15, 0.2) is 5.16 Å². The van der Waals surface area contributed by atoms with Gasteiger partial charge in [0.05, 0.1) is 5.69 Å². The first-order valence-electron chi connectivity index (χ1n) is 6.84. The molecule has 3 aromatic heterocycles. The number of pyridine rings is 1. The SMILES string of the molecule is Cc1cccn2c(=O)cc(CSc3nnc(C(F)(F)F)n3C)nc12. The molecule has 0 aliphatic rings. The van der Waals surface area contributed by atoms with Gasteiger partial charge in [0.2, 0.25) is 5.82 Å². The Balaban J connectivity index is 1.88. The van der Waals surface area contributed by atoms with Crippen molar-refractivity contribution in [1.29, 1.82) is 0 Å². The normalized spacial score (nSPS) is 12.0. The van der Waals surface area contributed by atoms with E-state index in [1.807, 2.05) is 13.0 Å². The number of hydrogen-bond donors (Lipinski definition) is 0. The van der Waals surface area contributed by atoms with Gasteiger partial charge in [0.25, 0.3) is 5.56 Å². The Labute approximate surface area is 138 Å². The van der Waals surface area contributed by atoms with E-state index in [9.17, 15) is 18.0 Å². The van der Waals surface area contributed by atoms with Gasteiger partial charge in [-0.1, -0.05) is 17.8 Å². The second-order valence-corrected chi connectivity index (χ2v) is 6.06. The molecule has 0 saturated carbocycles. The molecule has 0 aliphatic carbocycles. The van der Waals surface area contributed by atoms with E-state index in [2.05, 4.69) is 15.2 Å². The molecule has 0 N–H and O–H groups in total. The number of fused-ring (bicyclic) bond motifs is 1. The van der Waals surface area contributed by atoms with E-state index in [0.717, 1.165) is 21.9 Å². The molecule has 3 aromatic rings. The van der Waals surface area contributed by atoms with E-state index in [-0.39, 0.29) is 16.5 Å². The average molecular weight is 355 g/mol. The fourth-order valence-electron chi connectivity index (χ4n) is 2.21. The fourth-order valence-corrected chi connectivity index (χ4v) is 3.01. The minimum Gasteiger partial charge on any atom is -0.302 e. The second kappa shape index (κ2) is 5.93. The minimum atomic E-state index is -4.56. The molecule has 0 radical (unpaired) electrons. The number of thioether (sulfide) groups is 1. The molecule has 0 atom stereocenters. The number of rotatable bonds is 3. The maximum Gasteiger partial charge on any atom is 0.451 e. The van der Waals surface area contributed by atoms with Gasteiger partial charge in [-0.15, -0.1) is 10.2 Å². The van der Waals surface area contributed by atoms with E-state index in [1.165, 1.54) is 17.5 Å². The molecule has 6 nitrogen and oxygen atoms in total. The van der Waals surface area contributed by atoms with Gasteiger partial charge in [-0.2, -0.15) is 13.2 Å². The standard InChI is InChI=1S/C14H12F3N5OS/c1-8-4-3-5-22-10(23)6-9(18-11(8)22)7-24-13-20-19-12(21(13)2)14(15,16)17/h3-6H,7H2,1-2H3. The quantitative estimate of drug-likeness (QED) is 0.675. The maximum atomic E-state index is 12.7. The van der Waals surface area contributed by atoms with Crippen LogP contribution in [0.25, 0.3) is 5.65 Å². The third-order valence-electron chi connectivity index (χ3n) is 3.38. The van der Waals surface area contributed by atoms with Crippen LogP contribution in [0.3, 0.4) is 0 Å². The molecule has 0 saturated heterocycles. The van der Waals surface area contributed by atoms with Crippen molar-refractivity contribution in [3.05, 3.63) is 51.8 Å². The molecule has 10 heteroatoms. The smallest absolute Gasteiger partial charge is 0.302 e. The highest BCUT2D eigenvalue weighted by Gasteiger charge is 2.37. The van der Waals surface area contributed by atoms with Gasteiger partial charge in [0.1, 0.15) is 5.65 Å². The number of halogens is 3. The largest absolute Gasteiger partial charge is 0.451 e. The summed E-state index contributed by atoms with van der Waals surface area (Å²) in [6, 6.07) is 4.94. The average Bonchev–Trinajstić information content (AvgIpc) is 2.87. The van der Waals surface area contributed by atoms with Crippen LogP contribution in [0.2, 0.25) is 0 Å². The Kier molecular flexibility index (Phi) is 4.08. The molecule has 0 aliphatic heterocycles. The number of nitrogens with zero attached hydrogens (tertiary/aromatic N) is 5. The van der Waals surface area contributed by atoms with Gasteiger partial charge >= 0.3 is 6.18 Å². The third-order valence-corrected chi connectivity index (χ3v) is 4.43. The molecule has 0 amide bonds. The van der Waals surface area contributed by atoms with E-state index in [1.54, 1.807) is 12.3 Å². The fraction of sp³-hybridized carbons (Fsp3) is 0.286. The van der Waals surface area contributed by atoms with Crippen LogP contribution in [-0.4, -0.2) is 24.1 Å². The molecule has 126 valence electrons. The minimum absolute atomic E-state index is 0.106. The van der Waals surface area contributed by atoms with Crippen LogP contribution in [0.4, 0.5) is 13.2 Å². The Morgan fingerprint density at radius 2 is 2.04 bits per heavy atom. The first-order valence-corrected chi connectivity index (χ1v) is 7.83. The summed E-state index contributed by atoms with van der Waals surface area (Å²) < 4.78 is 40.4. The van der Waals surface area contributed by atoms with Gasteiger partial charge in [-0.25, -0.2) is 4.98 Å². The molecule has 3 rings (SSSR count). The molecule has 0 aromatic carbocycles. The molecule has 0 fully saturated rings. The van der Waals surface area contributed by atoms with Crippen LogP contribution in [0.15, 0.2) is 34.3 Å². The number of hydrogen-bond acceptors (Lipinski definition) is 5. The van der Waals surface area contributed by atoms with Crippen molar-refractivity contribution in [3.8, 4) is 0 Å². The van der Waals surface area contributed by atoms with Gasteiger partial charge in [0, 0.05) is 25.1 Å². The number of aromatic nitrogens is 5. The van der Waals surface area contributed by atoms with Crippen molar-refractivity contribution in [3.63, 3.8) is 0 Å². The number of aryl methyl sites for hydroxylation is 1. The Morgan fingerprint density at radius 3 is 2.71 bits per heavy atom. The van der Waals surface area contributed by atoms with Crippen LogP contribution >= 0.6 is 11.8 Å². The monoisotopic (exact) mass is 355 g/mol. The predicted octanol–water partition coefficient (Wildman–Crippen LogP) is 2.44. The summed E-state index contributed by atoms with van der Waals surface area (Å²) in [5.41, 5.74) is 1.58. The molecule has 0 bridgehead atoms. The van der Waals surface area contributed by atoms with E-state index in [4.69, 9.17) is 0 Å². The Bertz CT molecular complexity index is 963. The zero-order chi connectivity index (χ0) is 17.5. The summed E-state index contributed by atoms with van der Waals surface area (Å²) in [6.07, 6.45) is -2.94. The highest BCUT2D eigenvalue weighted by Crippen LogP contribution is 2.30. The maximum absolute atomic E-state index is 12.7. The summed E-state index contributed by atoms with van der Waals surface area (Å²) in [5.74, 6) is -0.850. The lowest BCUT2D eigenvalue weighted by molar-refractivity contribution is -0.147.